The maximum absolute atomic E-state index is 14.3. The predicted molar refractivity (Wildman–Crippen MR) is 100 cm³/mol. The molecule has 27 heavy (non-hydrogen) atoms. The summed E-state index contributed by atoms with van der Waals surface area (Å²) in [7, 11) is 3.07. The summed E-state index contributed by atoms with van der Waals surface area (Å²) in [6, 6.07) is 6.53. The fourth-order valence-electron chi connectivity index (χ4n) is 3.45. The van der Waals surface area contributed by atoms with E-state index in [4.69, 9.17) is 5.26 Å². The van der Waals surface area contributed by atoms with Crippen LogP contribution in [-0.2, 0) is 20.6 Å². The highest BCUT2D eigenvalue weighted by molar-refractivity contribution is 5.51. The molecule has 1 atom stereocenters. The largest absolute Gasteiger partial charge is 0.368 e. The van der Waals surface area contributed by atoms with Crippen LogP contribution >= 0.6 is 0 Å². The zero-order chi connectivity index (χ0) is 19.6. The average molecular weight is 371 g/mol. The number of aromatic nitrogens is 2. The highest BCUT2D eigenvalue weighted by Crippen LogP contribution is 2.24. The zero-order valence-electron chi connectivity index (χ0n) is 15.4. The summed E-state index contributed by atoms with van der Waals surface area (Å²) in [6.07, 6.45) is 3.36. The van der Waals surface area contributed by atoms with Gasteiger partial charge in [0.25, 0.3) is 5.56 Å². The van der Waals surface area contributed by atoms with Crippen LogP contribution in [0.4, 0.5) is 10.1 Å². The second kappa shape index (κ2) is 7.76. The number of rotatable bonds is 4. The Morgan fingerprint density at radius 1 is 1.33 bits per heavy atom. The lowest BCUT2D eigenvalue weighted by molar-refractivity contribution is 0.416. The van der Waals surface area contributed by atoms with Gasteiger partial charge in [0, 0.05) is 51.5 Å². The molecule has 1 saturated heterocycles. The number of aryl methyl sites for hydroxylation is 1. The van der Waals surface area contributed by atoms with Crippen molar-refractivity contribution in [2.45, 2.75) is 25.4 Å². The number of benzene rings is 1. The number of nitrogens with one attached hydrogen (secondary N) is 1. The Morgan fingerprint density at radius 2 is 2.11 bits per heavy atom. The van der Waals surface area contributed by atoms with Gasteiger partial charge < -0.3 is 14.8 Å². The standard InChI is InChI=1S/C19H22FN5O2/c1-23-11-14(18(26)24(2)19(23)27)10-22-15-4-3-7-25(12-15)17-6-5-13(9-21)8-16(17)20/h5-6,8,11,15,22H,3-4,7,10,12H2,1-2H3/t15-/m0/s1. The van der Waals surface area contributed by atoms with Gasteiger partial charge in [0.05, 0.1) is 17.3 Å². The summed E-state index contributed by atoms with van der Waals surface area (Å²) in [5.74, 6) is -0.401. The molecule has 2 heterocycles. The van der Waals surface area contributed by atoms with Gasteiger partial charge in [0.2, 0.25) is 0 Å². The minimum Gasteiger partial charge on any atom is -0.368 e. The van der Waals surface area contributed by atoms with E-state index in [1.54, 1.807) is 25.4 Å². The van der Waals surface area contributed by atoms with Gasteiger partial charge in [-0.2, -0.15) is 5.26 Å². The molecule has 2 aromatic rings. The summed E-state index contributed by atoms with van der Waals surface area (Å²) in [4.78, 5) is 26.0. The summed E-state index contributed by atoms with van der Waals surface area (Å²) < 4.78 is 16.8. The van der Waals surface area contributed by atoms with Gasteiger partial charge in [-0.3, -0.25) is 9.36 Å². The lowest BCUT2D eigenvalue weighted by atomic mass is 10.0. The second-order valence-electron chi connectivity index (χ2n) is 6.86. The molecule has 1 fully saturated rings. The van der Waals surface area contributed by atoms with Crippen LogP contribution in [-0.4, -0.2) is 28.3 Å². The third kappa shape index (κ3) is 3.93. The fraction of sp³-hybridized carbons (Fsp3) is 0.421. The molecule has 0 saturated carbocycles. The molecule has 8 heteroatoms. The summed E-state index contributed by atoms with van der Waals surface area (Å²) in [5, 5.41) is 12.2. The summed E-state index contributed by atoms with van der Waals surface area (Å²) in [6.45, 7) is 1.69. The first-order valence-corrected chi connectivity index (χ1v) is 8.84. The van der Waals surface area contributed by atoms with Crippen molar-refractivity contribution in [3.63, 3.8) is 0 Å². The van der Waals surface area contributed by atoms with Gasteiger partial charge in [-0.05, 0) is 31.0 Å². The van der Waals surface area contributed by atoms with Gasteiger partial charge >= 0.3 is 5.69 Å². The molecule has 0 bridgehead atoms. The van der Waals surface area contributed by atoms with Crippen LogP contribution in [0.15, 0.2) is 34.0 Å². The van der Waals surface area contributed by atoms with E-state index in [1.807, 2.05) is 11.0 Å². The van der Waals surface area contributed by atoms with Crippen molar-refractivity contribution in [2.75, 3.05) is 18.0 Å². The molecule has 0 aliphatic carbocycles. The van der Waals surface area contributed by atoms with Crippen LogP contribution in [0.5, 0.6) is 0 Å². The number of anilines is 1. The number of nitriles is 1. The molecule has 7 nitrogen and oxygen atoms in total. The van der Waals surface area contributed by atoms with E-state index in [9.17, 15) is 14.0 Å². The van der Waals surface area contributed by atoms with E-state index in [1.165, 1.54) is 17.7 Å². The van der Waals surface area contributed by atoms with Crippen molar-refractivity contribution in [3.05, 3.63) is 62.2 Å². The lowest BCUT2D eigenvalue weighted by Crippen LogP contribution is -2.47. The number of halogens is 1. The van der Waals surface area contributed by atoms with Crippen molar-refractivity contribution < 1.29 is 4.39 Å². The van der Waals surface area contributed by atoms with Crippen LogP contribution in [0.2, 0.25) is 0 Å². The molecule has 1 N–H and O–H groups in total. The molecule has 0 spiro atoms. The second-order valence-corrected chi connectivity index (χ2v) is 6.86. The molecule has 1 aliphatic rings. The van der Waals surface area contributed by atoms with Crippen LogP contribution in [0.3, 0.4) is 0 Å². The van der Waals surface area contributed by atoms with Crippen molar-refractivity contribution in [2.24, 2.45) is 14.1 Å². The van der Waals surface area contributed by atoms with Gasteiger partial charge in [-0.15, -0.1) is 0 Å². The SMILES string of the molecule is Cn1cc(CN[C@H]2CCCN(c3ccc(C#N)cc3F)C2)c(=O)n(C)c1=O. The molecule has 0 amide bonds. The number of hydrogen-bond acceptors (Lipinski definition) is 5. The Bertz CT molecular complexity index is 1000. The molecule has 1 aromatic carbocycles. The smallest absolute Gasteiger partial charge is 0.330 e. The lowest BCUT2D eigenvalue weighted by Gasteiger charge is -2.35. The summed E-state index contributed by atoms with van der Waals surface area (Å²) in [5.41, 5.74) is 0.633. The average Bonchev–Trinajstić information content (AvgIpc) is 2.68. The quantitative estimate of drug-likeness (QED) is 0.862. The van der Waals surface area contributed by atoms with Crippen LogP contribution < -0.4 is 21.5 Å². The number of nitrogens with zero attached hydrogens (tertiary/aromatic N) is 4. The van der Waals surface area contributed by atoms with E-state index in [0.29, 0.717) is 29.9 Å². The van der Waals surface area contributed by atoms with Gasteiger partial charge in [0.15, 0.2) is 0 Å². The molecule has 1 aromatic heterocycles. The molecular formula is C19H22FN5O2. The predicted octanol–water partition coefficient (Wildman–Crippen LogP) is 0.853. The Labute approximate surface area is 156 Å². The van der Waals surface area contributed by atoms with E-state index in [-0.39, 0.29) is 17.3 Å². The third-order valence-corrected chi connectivity index (χ3v) is 4.94. The Kier molecular flexibility index (Phi) is 5.42. The van der Waals surface area contributed by atoms with Gasteiger partial charge in [0.1, 0.15) is 5.82 Å². The Balaban J connectivity index is 1.70. The first kappa shape index (κ1) is 18.9. The molecule has 3 rings (SSSR count). The number of hydrogen-bond donors (Lipinski definition) is 1. The van der Waals surface area contributed by atoms with Crippen molar-refractivity contribution >= 4 is 5.69 Å². The highest BCUT2D eigenvalue weighted by Gasteiger charge is 2.22. The fourth-order valence-corrected chi connectivity index (χ4v) is 3.45. The zero-order valence-corrected chi connectivity index (χ0v) is 15.4. The molecule has 142 valence electrons. The molecule has 0 unspecified atom stereocenters. The molecule has 0 radical (unpaired) electrons. The van der Waals surface area contributed by atoms with E-state index in [0.717, 1.165) is 24.0 Å². The summed E-state index contributed by atoms with van der Waals surface area (Å²) >= 11 is 0. The first-order valence-electron chi connectivity index (χ1n) is 8.84. The Hall–Kier alpha value is -2.92. The normalized spacial score (nSPS) is 17.0. The van der Waals surface area contributed by atoms with Crippen molar-refractivity contribution in [1.82, 2.24) is 14.5 Å². The first-order chi connectivity index (χ1) is 12.9. The maximum Gasteiger partial charge on any atom is 0.330 e. The number of piperidine rings is 1. The minimum absolute atomic E-state index is 0.0933. The third-order valence-electron chi connectivity index (χ3n) is 4.94. The van der Waals surface area contributed by atoms with Gasteiger partial charge in [-0.1, -0.05) is 0 Å². The maximum atomic E-state index is 14.3. The van der Waals surface area contributed by atoms with Crippen molar-refractivity contribution in [1.29, 1.82) is 5.26 Å². The van der Waals surface area contributed by atoms with Gasteiger partial charge in [-0.25, -0.2) is 9.18 Å². The Morgan fingerprint density at radius 3 is 2.81 bits per heavy atom. The van der Waals surface area contributed by atoms with E-state index in [2.05, 4.69) is 5.32 Å². The monoisotopic (exact) mass is 371 g/mol. The van der Waals surface area contributed by atoms with Crippen LogP contribution in [0.1, 0.15) is 24.0 Å². The van der Waals surface area contributed by atoms with E-state index < -0.39 is 5.82 Å². The highest BCUT2D eigenvalue weighted by atomic mass is 19.1. The van der Waals surface area contributed by atoms with Crippen molar-refractivity contribution in [3.8, 4) is 6.07 Å². The van der Waals surface area contributed by atoms with E-state index >= 15 is 0 Å². The van der Waals surface area contributed by atoms with Crippen LogP contribution in [0.25, 0.3) is 0 Å². The van der Waals surface area contributed by atoms with Crippen LogP contribution in [0, 0.1) is 17.1 Å². The minimum atomic E-state index is -0.401. The molecular weight excluding hydrogens is 349 g/mol. The molecule has 1 aliphatic heterocycles. The topological polar surface area (TPSA) is 83.1 Å².